The van der Waals surface area contributed by atoms with Gasteiger partial charge in [0.25, 0.3) is 0 Å². The van der Waals surface area contributed by atoms with Gasteiger partial charge < -0.3 is 10.1 Å². The van der Waals surface area contributed by atoms with E-state index in [0.29, 0.717) is 0 Å². The van der Waals surface area contributed by atoms with Gasteiger partial charge in [-0.2, -0.15) is 0 Å². The van der Waals surface area contributed by atoms with E-state index < -0.39 is 0 Å². The predicted octanol–water partition coefficient (Wildman–Crippen LogP) is 1.97. The summed E-state index contributed by atoms with van der Waals surface area (Å²) in [4.78, 5) is 9.04. The van der Waals surface area contributed by atoms with E-state index in [4.69, 9.17) is 4.74 Å². The number of hydrogen-bond donors (Lipinski definition) is 1. The van der Waals surface area contributed by atoms with Crippen molar-refractivity contribution < 1.29 is 4.74 Å². The van der Waals surface area contributed by atoms with Crippen molar-refractivity contribution in [2.24, 2.45) is 0 Å². The molecule has 0 amide bonds. The Kier molecular flexibility index (Phi) is 4.68. The number of rotatable bonds is 5. The van der Waals surface area contributed by atoms with Gasteiger partial charge in [0, 0.05) is 31.8 Å². The monoisotopic (exact) mass is 223 g/mol. The standard InChI is InChI=1S/C12H21N3O/c1-6-10-9(3)12(13-4)15-11(14-10)7-8(2)16-5/h8H,6-7H2,1-5H3,(H,13,14,15). The van der Waals surface area contributed by atoms with Crippen LogP contribution in [-0.2, 0) is 17.6 Å². The Labute approximate surface area is 97.5 Å². The summed E-state index contributed by atoms with van der Waals surface area (Å²) < 4.78 is 5.23. The highest BCUT2D eigenvalue weighted by molar-refractivity contribution is 5.45. The average Bonchev–Trinajstić information content (AvgIpc) is 2.30. The number of nitrogens with zero attached hydrogens (tertiary/aromatic N) is 2. The van der Waals surface area contributed by atoms with Gasteiger partial charge in [0.1, 0.15) is 11.6 Å². The van der Waals surface area contributed by atoms with E-state index in [1.54, 1.807) is 7.11 Å². The number of nitrogens with one attached hydrogen (secondary N) is 1. The molecule has 0 aromatic carbocycles. The number of hydrogen-bond acceptors (Lipinski definition) is 4. The van der Waals surface area contributed by atoms with E-state index >= 15 is 0 Å². The van der Waals surface area contributed by atoms with Crippen LogP contribution in [0, 0.1) is 6.92 Å². The Bertz CT molecular complexity index is 327. The summed E-state index contributed by atoms with van der Waals surface area (Å²) in [5.74, 6) is 1.77. The van der Waals surface area contributed by atoms with Gasteiger partial charge >= 0.3 is 0 Å². The van der Waals surface area contributed by atoms with Crippen molar-refractivity contribution in [1.29, 1.82) is 0 Å². The highest BCUT2D eigenvalue weighted by Crippen LogP contribution is 2.16. The van der Waals surface area contributed by atoms with Crippen LogP contribution in [0.15, 0.2) is 0 Å². The highest BCUT2D eigenvalue weighted by atomic mass is 16.5. The molecule has 0 fully saturated rings. The van der Waals surface area contributed by atoms with Crippen LogP contribution >= 0.6 is 0 Å². The van der Waals surface area contributed by atoms with E-state index in [2.05, 4.69) is 22.2 Å². The molecule has 1 aromatic rings. The Morgan fingerprint density at radius 1 is 1.38 bits per heavy atom. The lowest BCUT2D eigenvalue weighted by molar-refractivity contribution is 0.117. The molecule has 0 radical (unpaired) electrons. The Morgan fingerprint density at radius 3 is 2.56 bits per heavy atom. The van der Waals surface area contributed by atoms with Gasteiger partial charge in [-0.25, -0.2) is 9.97 Å². The molecule has 1 unspecified atom stereocenters. The third-order valence-corrected chi connectivity index (χ3v) is 2.74. The van der Waals surface area contributed by atoms with E-state index in [-0.39, 0.29) is 6.10 Å². The summed E-state index contributed by atoms with van der Waals surface area (Å²) in [5, 5.41) is 3.11. The van der Waals surface area contributed by atoms with Crippen LogP contribution in [0.5, 0.6) is 0 Å². The fraction of sp³-hybridized carbons (Fsp3) is 0.667. The molecule has 1 heterocycles. The topological polar surface area (TPSA) is 47.0 Å². The molecule has 16 heavy (non-hydrogen) atoms. The average molecular weight is 223 g/mol. The molecule has 1 aromatic heterocycles. The lowest BCUT2D eigenvalue weighted by atomic mass is 10.1. The first-order valence-corrected chi connectivity index (χ1v) is 5.69. The number of methoxy groups -OCH3 is 1. The first-order valence-electron chi connectivity index (χ1n) is 5.69. The van der Waals surface area contributed by atoms with Gasteiger partial charge in [0.05, 0.1) is 6.10 Å². The zero-order valence-electron chi connectivity index (χ0n) is 10.8. The molecule has 0 aliphatic carbocycles. The zero-order valence-corrected chi connectivity index (χ0v) is 10.8. The first-order chi connectivity index (χ1) is 7.62. The molecule has 0 aliphatic rings. The third-order valence-electron chi connectivity index (χ3n) is 2.74. The van der Waals surface area contributed by atoms with Gasteiger partial charge in [0.2, 0.25) is 0 Å². The quantitative estimate of drug-likeness (QED) is 0.829. The smallest absolute Gasteiger partial charge is 0.133 e. The fourth-order valence-corrected chi connectivity index (χ4v) is 1.63. The molecule has 0 bridgehead atoms. The fourth-order valence-electron chi connectivity index (χ4n) is 1.63. The Morgan fingerprint density at radius 2 is 2.06 bits per heavy atom. The van der Waals surface area contributed by atoms with E-state index in [1.807, 2.05) is 20.9 Å². The molecular formula is C12H21N3O. The van der Waals surface area contributed by atoms with Crippen LogP contribution in [0.1, 0.15) is 30.9 Å². The maximum Gasteiger partial charge on any atom is 0.133 e. The van der Waals surface area contributed by atoms with E-state index in [0.717, 1.165) is 35.7 Å². The van der Waals surface area contributed by atoms with Crippen molar-refractivity contribution in [2.45, 2.75) is 39.7 Å². The van der Waals surface area contributed by atoms with E-state index in [9.17, 15) is 0 Å². The second kappa shape index (κ2) is 5.80. The third kappa shape index (κ3) is 2.92. The number of aryl methyl sites for hydroxylation is 1. The maximum absolute atomic E-state index is 5.23. The normalized spacial score (nSPS) is 12.6. The summed E-state index contributed by atoms with van der Waals surface area (Å²) in [7, 11) is 3.59. The van der Waals surface area contributed by atoms with Crippen molar-refractivity contribution in [3.63, 3.8) is 0 Å². The molecule has 4 nitrogen and oxygen atoms in total. The minimum atomic E-state index is 0.150. The molecule has 4 heteroatoms. The van der Waals surface area contributed by atoms with Crippen LogP contribution in [0.25, 0.3) is 0 Å². The minimum Gasteiger partial charge on any atom is -0.381 e. The molecule has 0 aliphatic heterocycles. The molecule has 0 saturated heterocycles. The lowest BCUT2D eigenvalue weighted by Crippen LogP contribution is -2.14. The predicted molar refractivity (Wildman–Crippen MR) is 65.9 cm³/mol. The van der Waals surface area contributed by atoms with Crippen molar-refractivity contribution in [3.8, 4) is 0 Å². The minimum absolute atomic E-state index is 0.150. The van der Waals surface area contributed by atoms with Crippen LogP contribution in [0.4, 0.5) is 5.82 Å². The zero-order chi connectivity index (χ0) is 12.1. The van der Waals surface area contributed by atoms with Crippen molar-refractivity contribution in [1.82, 2.24) is 9.97 Å². The number of ether oxygens (including phenoxy) is 1. The van der Waals surface area contributed by atoms with Gasteiger partial charge in [-0.1, -0.05) is 6.92 Å². The van der Waals surface area contributed by atoms with Crippen molar-refractivity contribution in [3.05, 3.63) is 17.1 Å². The van der Waals surface area contributed by atoms with Crippen molar-refractivity contribution >= 4 is 5.82 Å². The maximum atomic E-state index is 5.23. The van der Waals surface area contributed by atoms with Gasteiger partial charge in [-0.05, 0) is 20.3 Å². The summed E-state index contributed by atoms with van der Waals surface area (Å²) >= 11 is 0. The van der Waals surface area contributed by atoms with Gasteiger partial charge in [-0.15, -0.1) is 0 Å². The molecular weight excluding hydrogens is 202 g/mol. The molecule has 90 valence electrons. The van der Waals surface area contributed by atoms with E-state index in [1.165, 1.54) is 0 Å². The summed E-state index contributed by atoms with van der Waals surface area (Å²) in [6.07, 6.45) is 1.83. The van der Waals surface area contributed by atoms with Crippen LogP contribution in [0.2, 0.25) is 0 Å². The molecule has 1 rings (SSSR count). The summed E-state index contributed by atoms with van der Waals surface area (Å²) in [6, 6.07) is 0. The number of anilines is 1. The second-order valence-electron chi connectivity index (χ2n) is 3.91. The highest BCUT2D eigenvalue weighted by Gasteiger charge is 2.10. The summed E-state index contributed by atoms with van der Waals surface area (Å²) in [6.45, 7) is 6.18. The Hall–Kier alpha value is -1.16. The Balaban J connectivity index is 3.02. The SMILES string of the molecule is CCc1nc(CC(C)OC)nc(NC)c1C. The number of aromatic nitrogens is 2. The molecule has 0 saturated carbocycles. The molecule has 1 atom stereocenters. The first kappa shape index (κ1) is 12.9. The second-order valence-corrected chi connectivity index (χ2v) is 3.91. The summed E-state index contributed by atoms with van der Waals surface area (Å²) in [5.41, 5.74) is 2.25. The van der Waals surface area contributed by atoms with Gasteiger partial charge in [0.15, 0.2) is 0 Å². The molecule has 1 N–H and O–H groups in total. The van der Waals surface area contributed by atoms with Crippen LogP contribution in [0.3, 0.4) is 0 Å². The lowest BCUT2D eigenvalue weighted by Gasteiger charge is -2.13. The van der Waals surface area contributed by atoms with Crippen LogP contribution in [-0.4, -0.2) is 30.2 Å². The van der Waals surface area contributed by atoms with Crippen LogP contribution < -0.4 is 5.32 Å². The molecule has 0 spiro atoms. The van der Waals surface area contributed by atoms with Crippen molar-refractivity contribution in [2.75, 3.05) is 19.5 Å². The largest absolute Gasteiger partial charge is 0.381 e. The van der Waals surface area contributed by atoms with Gasteiger partial charge in [-0.3, -0.25) is 0 Å².